The van der Waals surface area contributed by atoms with Crippen LogP contribution in [-0.2, 0) is 4.79 Å². The number of ether oxygens (including phenoxy) is 1. The SMILES string of the molecule is NC(=O)c1cc2ccc(OC(=O)CCCCl)cc2oc1=O. The molecule has 2 rings (SSSR count). The van der Waals surface area contributed by atoms with Gasteiger partial charge in [-0.05, 0) is 24.6 Å². The van der Waals surface area contributed by atoms with Crippen LogP contribution in [0.4, 0.5) is 0 Å². The Hall–Kier alpha value is -2.34. The van der Waals surface area contributed by atoms with Gasteiger partial charge in [0.05, 0.1) is 0 Å². The van der Waals surface area contributed by atoms with Crippen molar-refractivity contribution < 1.29 is 18.7 Å². The van der Waals surface area contributed by atoms with Crippen LogP contribution in [0.25, 0.3) is 11.0 Å². The van der Waals surface area contributed by atoms with E-state index in [-0.39, 0.29) is 23.3 Å². The standard InChI is InChI=1S/C14H12ClNO5/c15-5-1-2-12(17)20-9-4-3-8-6-10(13(16)18)14(19)21-11(8)7-9/h3-4,6-7H,1-2,5H2,(H2,16,18). The van der Waals surface area contributed by atoms with Crippen molar-refractivity contribution in [3.05, 3.63) is 40.2 Å². The van der Waals surface area contributed by atoms with E-state index in [0.717, 1.165) is 0 Å². The van der Waals surface area contributed by atoms with E-state index in [1.807, 2.05) is 0 Å². The van der Waals surface area contributed by atoms with Crippen molar-refractivity contribution in [2.24, 2.45) is 5.73 Å². The van der Waals surface area contributed by atoms with E-state index < -0.39 is 17.5 Å². The van der Waals surface area contributed by atoms with Crippen LogP contribution in [0, 0.1) is 0 Å². The molecule has 1 aromatic heterocycles. The number of halogens is 1. The summed E-state index contributed by atoms with van der Waals surface area (Å²) in [7, 11) is 0. The summed E-state index contributed by atoms with van der Waals surface area (Å²) in [5.74, 6) is -0.664. The highest BCUT2D eigenvalue weighted by Gasteiger charge is 2.12. The van der Waals surface area contributed by atoms with Crippen LogP contribution in [0.3, 0.4) is 0 Å². The average Bonchev–Trinajstić information content (AvgIpc) is 2.44. The molecule has 7 heteroatoms. The van der Waals surface area contributed by atoms with Crippen LogP contribution in [0.5, 0.6) is 5.75 Å². The van der Waals surface area contributed by atoms with Crippen LogP contribution in [-0.4, -0.2) is 17.8 Å². The van der Waals surface area contributed by atoms with Gasteiger partial charge in [0.15, 0.2) is 0 Å². The second-order valence-corrected chi connectivity index (χ2v) is 4.66. The van der Waals surface area contributed by atoms with Crippen molar-refractivity contribution in [3.63, 3.8) is 0 Å². The van der Waals surface area contributed by atoms with Crippen molar-refractivity contribution in [3.8, 4) is 5.75 Å². The van der Waals surface area contributed by atoms with Gasteiger partial charge >= 0.3 is 11.6 Å². The Morgan fingerprint density at radius 2 is 2.05 bits per heavy atom. The Balaban J connectivity index is 2.30. The molecule has 0 aliphatic heterocycles. The Kier molecular flexibility index (Phi) is 4.59. The minimum atomic E-state index is -0.859. The third-order valence-corrected chi connectivity index (χ3v) is 2.99. The maximum Gasteiger partial charge on any atom is 0.349 e. The summed E-state index contributed by atoms with van der Waals surface area (Å²) in [6.45, 7) is 0. The molecule has 1 amide bonds. The predicted molar refractivity (Wildman–Crippen MR) is 76.6 cm³/mol. The lowest BCUT2D eigenvalue weighted by molar-refractivity contribution is -0.134. The minimum absolute atomic E-state index is 0.200. The number of carbonyl (C=O) groups is 2. The number of alkyl halides is 1. The molecular formula is C14H12ClNO5. The molecule has 1 aromatic carbocycles. The van der Waals surface area contributed by atoms with Gasteiger partial charge in [0.1, 0.15) is 16.9 Å². The molecule has 0 saturated heterocycles. The molecule has 0 unspecified atom stereocenters. The van der Waals surface area contributed by atoms with Gasteiger partial charge in [0.25, 0.3) is 5.91 Å². The van der Waals surface area contributed by atoms with Crippen molar-refractivity contribution in [2.75, 3.05) is 5.88 Å². The zero-order valence-corrected chi connectivity index (χ0v) is 11.7. The van der Waals surface area contributed by atoms with Gasteiger partial charge in [-0.25, -0.2) is 4.79 Å². The highest BCUT2D eigenvalue weighted by molar-refractivity contribution is 6.17. The molecule has 110 valence electrons. The van der Waals surface area contributed by atoms with Gasteiger partial charge in [-0.3, -0.25) is 9.59 Å². The van der Waals surface area contributed by atoms with Gasteiger partial charge in [0.2, 0.25) is 0 Å². The number of hydrogen-bond donors (Lipinski definition) is 1. The molecule has 2 aromatic rings. The van der Waals surface area contributed by atoms with Gasteiger partial charge in [-0.2, -0.15) is 0 Å². The fourth-order valence-corrected chi connectivity index (χ4v) is 1.85. The third-order valence-electron chi connectivity index (χ3n) is 2.72. The topological polar surface area (TPSA) is 99.6 Å². The quantitative estimate of drug-likeness (QED) is 0.393. The van der Waals surface area contributed by atoms with Crippen LogP contribution < -0.4 is 16.1 Å². The van der Waals surface area contributed by atoms with Crippen LogP contribution in [0.1, 0.15) is 23.2 Å². The van der Waals surface area contributed by atoms with Gasteiger partial charge < -0.3 is 14.9 Å². The Labute approximate surface area is 124 Å². The second-order valence-electron chi connectivity index (χ2n) is 4.28. The zero-order valence-electron chi connectivity index (χ0n) is 10.9. The highest BCUT2D eigenvalue weighted by Crippen LogP contribution is 2.21. The summed E-state index contributed by atoms with van der Waals surface area (Å²) in [6.07, 6.45) is 0.719. The number of primary amides is 1. The van der Waals surface area contributed by atoms with Gasteiger partial charge in [-0.15, -0.1) is 11.6 Å². The maximum atomic E-state index is 11.6. The fourth-order valence-electron chi connectivity index (χ4n) is 1.72. The molecule has 0 saturated carbocycles. The summed E-state index contributed by atoms with van der Waals surface area (Å²) in [5.41, 5.74) is 4.21. The zero-order chi connectivity index (χ0) is 15.4. The number of esters is 1. The molecule has 0 bridgehead atoms. The minimum Gasteiger partial charge on any atom is -0.426 e. The lowest BCUT2D eigenvalue weighted by Crippen LogP contribution is -2.20. The van der Waals surface area contributed by atoms with E-state index in [4.69, 9.17) is 26.5 Å². The summed E-state index contributed by atoms with van der Waals surface area (Å²) < 4.78 is 10.1. The van der Waals surface area contributed by atoms with Crippen molar-refractivity contribution >= 4 is 34.4 Å². The van der Waals surface area contributed by atoms with Crippen LogP contribution >= 0.6 is 11.6 Å². The lowest BCUT2D eigenvalue weighted by atomic mass is 10.2. The van der Waals surface area contributed by atoms with E-state index >= 15 is 0 Å². The lowest BCUT2D eigenvalue weighted by Gasteiger charge is -2.05. The number of fused-ring (bicyclic) bond motifs is 1. The van der Waals surface area contributed by atoms with E-state index in [2.05, 4.69) is 0 Å². The molecule has 1 heterocycles. The predicted octanol–water partition coefficient (Wildman–Crippen LogP) is 1.82. The summed E-state index contributed by atoms with van der Waals surface area (Å²) >= 11 is 5.49. The molecule has 0 aliphatic rings. The first kappa shape index (κ1) is 15.1. The molecule has 0 radical (unpaired) electrons. The van der Waals surface area contributed by atoms with Crippen molar-refractivity contribution in [1.82, 2.24) is 0 Å². The van der Waals surface area contributed by atoms with Gasteiger partial charge in [0, 0.05) is 23.8 Å². The second kappa shape index (κ2) is 6.41. The van der Waals surface area contributed by atoms with Crippen LogP contribution in [0.15, 0.2) is 33.5 Å². The number of carbonyl (C=O) groups excluding carboxylic acids is 2. The van der Waals surface area contributed by atoms with Gasteiger partial charge in [-0.1, -0.05) is 0 Å². The Morgan fingerprint density at radius 3 is 2.71 bits per heavy atom. The molecule has 0 fully saturated rings. The summed E-state index contributed by atoms with van der Waals surface area (Å²) in [5, 5.41) is 0.504. The molecule has 21 heavy (non-hydrogen) atoms. The number of nitrogens with two attached hydrogens (primary N) is 1. The molecule has 0 aliphatic carbocycles. The van der Waals surface area contributed by atoms with Crippen molar-refractivity contribution in [2.45, 2.75) is 12.8 Å². The van der Waals surface area contributed by atoms with E-state index in [0.29, 0.717) is 17.7 Å². The van der Waals surface area contributed by atoms with E-state index in [1.54, 1.807) is 6.07 Å². The van der Waals surface area contributed by atoms with E-state index in [9.17, 15) is 14.4 Å². The largest absolute Gasteiger partial charge is 0.426 e. The maximum absolute atomic E-state index is 11.6. The van der Waals surface area contributed by atoms with Crippen LogP contribution in [0.2, 0.25) is 0 Å². The summed E-state index contributed by atoms with van der Waals surface area (Å²) in [4.78, 5) is 34.1. The molecule has 2 N–H and O–H groups in total. The number of hydrogen-bond acceptors (Lipinski definition) is 5. The molecule has 0 spiro atoms. The Morgan fingerprint density at radius 1 is 1.29 bits per heavy atom. The number of amides is 1. The van der Waals surface area contributed by atoms with Crippen molar-refractivity contribution in [1.29, 1.82) is 0 Å². The first-order chi connectivity index (χ1) is 10.0. The first-order valence-electron chi connectivity index (χ1n) is 6.15. The molecule has 0 atom stereocenters. The third kappa shape index (κ3) is 3.61. The number of benzene rings is 1. The monoisotopic (exact) mass is 309 g/mol. The first-order valence-corrected chi connectivity index (χ1v) is 6.69. The fraction of sp³-hybridized carbons (Fsp3) is 0.214. The normalized spacial score (nSPS) is 10.5. The number of rotatable bonds is 5. The van der Waals surface area contributed by atoms with E-state index in [1.165, 1.54) is 18.2 Å². The Bertz CT molecular complexity index is 753. The molecule has 6 nitrogen and oxygen atoms in total. The highest BCUT2D eigenvalue weighted by atomic mass is 35.5. The average molecular weight is 310 g/mol. The smallest absolute Gasteiger partial charge is 0.349 e. The summed E-state index contributed by atoms with van der Waals surface area (Å²) in [6, 6.07) is 5.84. The molecular weight excluding hydrogens is 298 g/mol.